The van der Waals surface area contributed by atoms with Gasteiger partial charge in [-0.3, -0.25) is 0 Å². The maximum atomic E-state index is 3.64. The Labute approximate surface area is 145 Å². The third-order valence-electron chi connectivity index (χ3n) is 4.39. The number of aromatic amines is 1. The number of hydrogen-bond acceptors (Lipinski definition) is 1. The molecule has 0 aliphatic heterocycles. The summed E-state index contributed by atoms with van der Waals surface area (Å²) in [4.78, 5) is 3.63. The molecule has 3 rings (SSSR count). The molecule has 0 radical (unpaired) electrons. The smallest absolute Gasteiger partial charge is 0.0694 e. The van der Waals surface area contributed by atoms with Crippen molar-refractivity contribution in [3.8, 4) is 11.3 Å². The Morgan fingerprint density at radius 1 is 1.04 bits per heavy atom. The molecular formula is C22H28N2. The first kappa shape index (κ1) is 16.6. The highest BCUT2D eigenvalue weighted by Crippen LogP contribution is 2.31. The minimum Gasteiger partial charge on any atom is -0.383 e. The van der Waals surface area contributed by atoms with Crippen LogP contribution < -0.4 is 5.32 Å². The van der Waals surface area contributed by atoms with Gasteiger partial charge in [-0.2, -0.15) is 0 Å². The first-order valence-electron chi connectivity index (χ1n) is 9.12. The number of aromatic nitrogens is 1. The second kappa shape index (κ2) is 7.57. The summed E-state index contributed by atoms with van der Waals surface area (Å²) in [6.45, 7) is 7.73. The van der Waals surface area contributed by atoms with Crippen molar-refractivity contribution in [1.82, 2.24) is 4.98 Å². The van der Waals surface area contributed by atoms with Gasteiger partial charge in [-0.15, -0.1) is 0 Å². The maximum absolute atomic E-state index is 3.64. The van der Waals surface area contributed by atoms with E-state index in [0.29, 0.717) is 5.92 Å². The second-order valence-corrected chi connectivity index (χ2v) is 7.03. The fourth-order valence-electron chi connectivity index (χ4n) is 3.06. The number of aryl methyl sites for hydroxylation is 1. The van der Waals surface area contributed by atoms with E-state index in [2.05, 4.69) is 79.6 Å². The quantitative estimate of drug-likeness (QED) is 0.529. The van der Waals surface area contributed by atoms with Crippen LogP contribution >= 0.6 is 0 Å². The van der Waals surface area contributed by atoms with Gasteiger partial charge in [0.25, 0.3) is 0 Å². The highest BCUT2D eigenvalue weighted by molar-refractivity contribution is 5.95. The Morgan fingerprint density at radius 3 is 2.54 bits per heavy atom. The van der Waals surface area contributed by atoms with Gasteiger partial charge in [0.1, 0.15) is 0 Å². The molecule has 2 aromatic carbocycles. The van der Waals surface area contributed by atoms with Crippen molar-refractivity contribution in [2.75, 3.05) is 11.9 Å². The summed E-state index contributed by atoms with van der Waals surface area (Å²) in [5.74, 6) is 0.628. The molecule has 3 aromatic rings. The molecule has 126 valence electrons. The number of benzene rings is 2. The average Bonchev–Trinajstić information content (AvgIpc) is 3.02. The summed E-state index contributed by atoms with van der Waals surface area (Å²) in [6.07, 6.45) is 3.62. The predicted molar refractivity (Wildman–Crippen MR) is 106 cm³/mol. The van der Waals surface area contributed by atoms with Crippen LogP contribution in [0.5, 0.6) is 0 Å². The maximum Gasteiger partial charge on any atom is 0.0694 e. The van der Waals surface area contributed by atoms with Crippen LogP contribution in [-0.4, -0.2) is 11.5 Å². The van der Waals surface area contributed by atoms with E-state index in [-0.39, 0.29) is 0 Å². The molecule has 0 spiro atoms. The fraction of sp³-hybridized carbons (Fsp3) is 0.364. The van der Waals surface area contributed by atoms with Gasteiger partial charge >= 0.3 is 0 Å². The molecule has 2 nitrogen and oxygen atoms in total. The molecule has 0 amide bonds. The molecule has 0 bridgehead atoms. The zero-order valence-corrected chi connectivity index (χ0v) is 15.0. The minimum absolute atomic E-state index is 0.628. The van der Waals surface area contributed by atoms with E-state index >= 15 is 0 Å². The molecule has 0 aliphatic carbocycles. The van der Waals surface area contributed by atoms with Gasteiger partial charge in [-0.25, -0.2) is 0 Å². The number of hydrogen-bond donors (Lipinski definition) is 2. The van der Waals surface area contributed by atoms with Crippen molar-refractivity contribution in [1.29, 1.82) is 0 Å². The van der Waals surface area contributed by atoms with E-state index in [9.17, 15) is 0 Å². The highest BCUT2D eigenvalue weighted by Gasteiger charge is 2.10. The summed E-state index contributed by atoms with van der Waals surface area (Å²) in [5.41, 5.74) is 6.29. The normalized spacial score (nSPS) is 11.3. The number of anilines is 1. The monoisotopic (exact) mass is 320 g/mol. The van der Waals surface area contributed by atoms with Crippen molar-refractivity contribution in [2.45, 2.75) is 40.0 Å². The third-order valence-corrected chi connectivity index (χ3v) is 4.39. The Balaban J connectivity index is 2.02. The number of fused-ring (bicyclic) bond motifs is 1. The molecule has 0 unspecified atom stereocenters. The van der Waals surface area contributed by atoms with Crippen LogP contribution in [0.25, 0.3) is 22.2 Å². The summed E-state index contributed by atoms with van der Waals surface area (Å²) in [6, 6.07) is 17.5. The molecule has 24 heavy (non-hydrogen) atoms. The fourth-order valence-corrected chi connectivity index (χ4v) is 3.06. The minimum atomic E-state index is 0.628. The third kappa shape index (κ3) is 3.81. The van der Waals surface area contributed by atoms with E-state index < -0.39 is 0 Å². The van der Waals surface area contributed by atoms with Gasteiger partial charge in [0.15, 0.2) is 0 Å². The summed E-state index contributed by atoms with van der Waals surface area (Å²) in [7, 11) is 0. The molecule has 0 saturated carbocycles. The van der Waals surface area contributed by atoms with Gasteiger partial charge < -0.3 is 10.3 Å². The second-order valence-electron chi connectivity index (χ2n) is 7.03. The van der Waals surface area contributed by atoms with Crippen molar-refractivity contribution in [3.05, 3.63) is 54.1 Å². The van der Waals surface area contributed by atoms with E-state index in [4.69, 9.17) is 0 Å². The zero-order chi connectivity index (χ0) is 16.9. The zero-order valence-electron chi connectivity index (χ0n) is 15.0. The van der Waals surface area contributed by atoms with Gasteiger partial charge in [-0.1, -0.05) is 57.5 Å². The summed E-state index contributed by atoms with van der Waals surface area (Å²) >= 11 is 0. The summed E-state index contributed by atoms with van der Waals surface area (Å²) in [5, 5.41) is 4.94. The number of rotatable bonds is 7. The molecule has 0 aliphatic rings. The van der Waals surface area contributed by atoms with Crippen LogP contribution in [0.3, 0.4) is 0 Å². The molecule has 0 atom stereocenters. The van der Waals surface area contributed by atoms with Crippen LogP contribution in [0.4, 0.5) is 5.69 Å². The standard InChI is InChI=1S/C22H28N2/c1-4-5-9-17-12-19-14-20(18-10-7-6-8-11-18)24-22(19)21(13-17)23-15-16(2)3/h6-8,10-14,16,23-24H,4-5,9,15H2,1-3H3. The van der Waals surface area contributed by atoms with Crippen LogP contribution in [0.2, 0.25) is 0 Å². The lowest BCUT2D eigenvalue weighted by molar-refractivity contribution is 0.689. The Bertz CT molecular complexity index is 784. The number of H-pyrrole nitrogens is 1. The van der Waals surface area contributed by atoms with Crippen molar-refractivity contribution >= 4 is 16.6 Å². The molecular weight excluding hydrogens is 292 g/mol. The number of unbranched alkanes of at least 4 members (excludes halogenated alkanes) is 1. The lowest BCUT2D eigenvalue weighted by Crippen LogP contribution is -2.08. The molecule has 0 saturated heterocycles. The highest BCUT2D eigenvalue weighted by atomic mass is 14.9. The molecule has 1 heterocycles. The van der Waals surface area contributed by atoms with Crippen LogP contribution in [0.1, 0.15) is 39.2 Å². The molecule has 2 N–H and O–H groups in total. The Hall–Kier alpha value is -2.22. The molecule has 0 fully saturated rings. The lowest BCUT2D eigenvalue weighted by atomic mass is 10.0. The Kier molecular flexibility index (Phi) is 5.24. The molecule has 2 heteroatoms. The number of nitrogens with one attached hydrogen (secondary N) is 2. The van der Waals surface area contributed by atoms with Gasteiger partial charge in [-0.05, 0) is 48.1 Å². The topological polar surface area (TPSA) is 27.8 Å². The molecule has 1 aromatic heterocycles. The van der Waals surface area contributed by atoms with Crippen LogP contribution in [0.15, 0.2) is 48.5 Å². The first-order chi connectivity index (χ1) is 11.7. The van der Waals surface area contributed by atoms with Gasteiger partial charge in [0.05, 0.1) is 11.2 Å². The van der Waals surface area contributed by atoms with Gasteiger partial charge in [0, 0.05) is 17.6 Å². The average molecular weight is 320 g/mol. The summed E-state index contributed by atoms with van der Waals surface area (Å²) < 4.78 is 0. The Morgan fingerprint density at radius 2 is 1.83 bits per heavy atom. The van der Waals surface area contributed by atoms with E-state index in [1.807, 2.05) is 0 Å². The van der Waals surface area contributed by atoms with Crippen molar-refractivity contribution < 1.29 is 0 Å². The van der Waals surface area contributed by atoms with E-state index in [1.54, 1.807) is 0 Å². The predicted octanol–water partition coefficient (Wildman–Crippen LogP) is 6.25. The van der Waals surface area contributed by atoms with Crippen LogP contribution in [-0.2, 0) is 6.42 Å². The van der Waals surface area contributed by atoms with E-state index in [1.165, 1.54) is 46.3 Å². The SMILES string of the molecule is CCCCc1cc(NCC(C)C)c2[nH]c(-c3ccccc3)cc2c1. The first-order valence-corrected chi connectivity index (χ1v) is 9.12. The lowest BCUT2D eigenvalue weighted by Gasteiger charge is -2.12. The van der Waals surface area contributed by atoms with Crippen LogP contribution in [0, 0.1) is 5.92 Å². The van der Waals surface area contributed by atoms with Crippen molar-refractivity contribution in [2.24, 2.45) is 5.92 Å². The largest absolute Gasteiger partial charge is 0.383 e. The van der Waals surface area contributed by atoms with Gasteiger partial charge in [0.2, 0.25) is 0 Å². The van der Waals surface area contributed by atoms with E-state index in [0.717, 1.165) is 13.0 Å². The van der Waals surface area contributed by atoms with Crippen molar-refractivity contribution in [3.63, 3.8) is 0 Å².